The Morgan fingerprint density at radius 2 is 2.19 bits per heavy atom. The molecule has 2 aromatic rings. The van der Waals surface area contributed by atoms with Crippen molar-refractivity contribution in [3.05, 3.63) is 59.9 Å². The summed E-state index contributed by atoms with van der Waals surface area (Å²) in [5.74, 6) is 0.414. The Bertz CT molecular complexity index is 1220. The van der Waals surface area contributed by atoms with Crippen molar-refractivity contribution in [3.63, 3.8) is 0 Å². The van der Waals surface area contributed by atoms with E-state index in [0.717, 1.165) is 42.4 Å². The van der Waals surface area contributed by atoms with E-state index in [-0.39, 0.29) is 11.8 Å². The highest BCUT2D eigenvalue weighted by atomic mass is 16.2. The molecule has 5 N–H and O–H groups in total. The quantitative estimate of drug-likeness (QED) is 0.188. The number of unbranched alkanes of at least 4 members (excludes halogenated alkanes) is 1. The fourth-order valence-corrected chi connectivity index (χ4v) is 4.73. The van der Waals surface area contributed by atoms with Crippen molar-refractivity contribution in [2.75, 3.05) is 29.9 Å². The number of aldehydes is 1. The number of hydrogen-bond donors (Lipinski definition) is 4. The van der Waals surface area contributed by atoms with Gasteiger partial charge in [-0.15, -0.1) is 0 Å². The lowest BCUT2D eigenvalue weighted by Crippen LogP contribution is -2.50. The number of nitrogens with zero attached hydrogens (tertiary/aromatic N) is 3. The van der Waals surface area contributed by atoms with Gasteiger partial charge < -0.3 is 31.5 Å². The molecule has 2 heterocycles. The van der Waals surface area contributed by atoms with Gasteiger partial charge in [-0.2, -0.15) is 5.26 Å². The molecule has 192 valence electrons. The van der Waals surface area contributed by atoms with Gasteiger partial charge in [-0.05, 0) is 48.8 Å². The van der Waals surface area contributed by atoms with Gasteiger partial charge in [-0.1, -0.05) is 24.3 Å². The summed E-state index contributed by atoms with van der Waals surface area (Å²) in [7, 11) is 0. The van der Waals surface area contributed by atoms with Crippen LogP contribution in [0.1, 0.15) is 49.1 Å². The fraction of sp³-hybridized carbons (Fsp3) is 0.393. The Balaban J connectivity index is 1.41. The predicted molar refractivity (Wildman–Crippen MR) is 144 cm³/mol. The number of allylic oxidation sites excluding steroid dienone is 1. The zero-order chi connectivity index (χ0) is 26.3. The number of amides is 1. The summed E-state index contributed by atoms with van der Waals surface area (Å²) in [6.07, 6.45) is 9.47. The summed E-state index contributed by atoms with van der Waals surface area (Å²) in [4.78, 5) is 31.1. The molecule has 2 fully saturated rings. The van der Waals surface area contributed by atoms with Crippen LogP contribution in [0.5, 0.6) is 0 Å². The third-order valence-corrected chi connectivity index (χ3v) is 7.09. The molecule has 1 aromatic heterocycles. The molecule has 0 radical (unpaired) electrons. The van der Waals surface area contributed by atoms with Gasteiger partial charge in [-0.3, -0.25) is 4.79 Å². The van der Waals surface area contributed by atoms with E-state index >= 15 is 0 Å². The van der Waals surface area contributed by atoms with Crippen molar-refractivity contribution < 1.29 is 9.59 Å². The van der Waals surface area contributed by atoms with Crippen LogP contribution in [0.2, 0.25) is 0 Å². The highest BCUT2D eigenvalue weighted by Crippen LogP contribution is 2.44. The maximum absolute atomic E-state index is 13.0. The lowest BCUT2D eigenvalue weighted by Gasteiger charge is -2.23. The first-order valence-corrected chi connectivity index (χ1v) is 12.7. The van der Waals surface area contributed by atoms with Crippen LogP contribution in [0.25, 0.3) is 5.57 Å². The van der Waals surface area contributed by atoms with Gasteiger partial charge in [0.2, 0.25) is 5.91 Å². The first kappa shape index (κ1) is 26.0. The number of carbonyl (C=O) groups is 2. The number of benzene rings is 1. The highest BCUT2D eigenvalue weighted by molar-refractivity contribution is 6.08. The standard InChI is InChI=1S/C28H33N7O2/c29-10-1-2-11-32-17-22(16-30)20-4-3-5-21(14-20)23(19-36)18-34-26-15-25(8-12-33-26)35-13-9-28(31,27(35)37)24-6-7-24/h3-5,8,12,14-17,19,23-24,30,32H,1-2,6-7,9,11,13,18,31H2,(H,33,34)/b22-17+,30-16?/t23?,28-/m1/s1. The molecule has 0 bridgehead atoms. The van der Waals surface area contributed by atoms with E-state index in [9.17, 15) is 9.59 Å². The first-order valence-electron chi connectivity index (χ1n) is 12.7. The number of nitrogens with two attached hydrogens (primary N) is 1. The van der Waals surface area contributed by atoms with Crippen LogP contribution in [-0.4, -0.2) is 48.6 Å². The summed E-state index contributed by atoms with van der Waals surface area (Å²) in [5, 5.41) is 22.8. The van der Waals surface area contributed by atoms with Crippen molar-refractivity contribution in [2.24, 2.45) is 11.7 Å². The van der Waals surface area contributed by atoms with Gasteiger partial charge in [0, 0.05) is 62.0 Å². The SMILES string of the molecule is N#CCCCN/C=C(\C=N)c1cccc(C(C=O)CNc2cc(N3CC[C@@](N)(C4CC4)C3=O)ccn2)c1. The Kier molecular flexibility index (Phi) is 8.31. The molecule has 1 aliphatic heterocycles. The van der Waals surface area contributed by atoms with Crippen LogP contribution in [0.3, 0.4) is 0 Å². The zero-order valence-corrected chi connectivity index (χ0v) is 20.8. The predicted octanol–water partition coefficient (Wildman–Crippen LogP) is 3.20. The van der Waals surface area contributed by atoms with Crippen molar-refractivity contribution in [2.45, 2.75) is 43.6 Å². The van der Waals surface area contributed by atoms with Gasteiger partial charge in [-0.25, -0.2) is 4.98 Å². The van der Waals surface area contributed by atoms with E-state index in [1.165, 1.54) is 6.21 Å². The molecular formula is C28H33N7O2. The lowest BCUT2D eigenvalue weighted by molar-refractivity contribution is -0.122. The lowest BCUT2D eigenvalue weighted by atomic mass is 9.93. The summed E-state index contributed by atoms with van der Waals surface area (Å²) < 4.78 is 0. The molecule has 9 heteroatoms. The zero-order valence-electron chi connectivity index (χ0n) is 20.8. The summed E-state index contributed by atoms with van der Waals surface area (Å²) in [5.41, 5.74) is 8.78. The van der Waals surface area contributed by atoms with Crippen molar-refractivity contribution in [1.29, 1.82) is 10.7 Å². The van der Waals surface area contributed by atoms with E-state index < -0.39 is 11.5 Å². The normalized spacial score (nSPS) is 20.3. The van der Waals surface area contributed by atoms with Crippen molar-refractivity contribution >= 4 is 35.5 Å². The van der Waals surface area contributed by atoms with Gasteiger partial charge in [0.05, 0.1) is 12.0 Å². The summed E-state index contributed by atoms with van der Waals surface area (Å²) in [6, 6.07) is 13.3. The third kappa shape index (κ3) is 6.04. The van der Waals surface area contributed by atoms with Gasteiger partial charge in [0.25, 0.3) is 0 Å². The van der Waals surface area contributed by atoms with E-state index in [1.54, 1.807) is 17.3 Å². The van der Waals surface area contributed by atoms with Crippen LogP contribution >= 0.6 is 0 Å². The molecule has 2 aliphatic rings. The number of nitriles is 1. The Morgan fingerprint density at radius 1 is 1.35 bits per heavy atom. The van der Waals surface area contributed by atoms with Crippen LogP contribution < -0.4 is 21.3 Å². The molecule has 4 rings (SSSR count). The number of pyridine rings is 1. The van der Waals surface area contributed by atoms with Gasteiger partial charge >= 0.3 is 0 Å². The maximum Gasteiger partial charge on any atom is 0.247 e. The second-order valence-corrected chi connectivity index (χ2v) is 9.63. The fourth-order valence-electron chi connectivity index (χ4n) is 4.73. The number of rotatable bonds is 13. The molecule has 1 aromatic carbocycles. The number of anilines is 2. The third-order valence-electron chi connectivity index (χ3n) is 7.09. The molecule has 37 heavy (non-hydrogen) atoms. The molecule has 1 aliphatic carbocycles. The minimum Gasteiger partial charge on any atom is -0.390 e. The Labute approximate surface area is 217 Å². The van der Waals surface area contributed by atoms with E-state index in [2.05, 4.69) is 21.7 Å². The van der Waals surface area contributed by atoms with Gasteiger partial charge in [0.15, 0.2) is 0 Å². The summed E-state index contributed by atoms with van der Waals surface area (Å²) in [6.45, 7) is 1.57. The Hall–Kier alpha value is -4.03. The summed E-state index contributed by atoms with van der Waals surface area (Å²) >= 11 is 0. The van der Waals surface area contributed by atoms with Gasteiger partial charge in [0.1, 0.15) is 17.6 Å². The van der Waals surface area contributed by atoms with Crippen molar-refractivity contribution in [1.82, 2.24) is 10.3 Å². The van der Waals surface area contributed by atoms with Crippen LogP contribution in [0.15, 0.2) is 48.8 Å². The van der Waals surface area contributed by atoms with E-state index in [1.807, 2.05) is 36.4 Å². The second kappa shape index (κ2) is 11.8. The number of aromatic nitrogens is 1. The smallest absolute Gasteiger partial charge is 0.247 e. The molecule has 2 atom stereocenters. The largest absolute Gasteiger partial charge is 0.390 e. The van der Waals surface area contributed by atoms with Crippen LogP contribution in [-0.2, 0) is 9.59 Å². The number of nitrogens with one attached hydrogen (secondary N) is 3. The first-order chi connectivity index (χ1) is 18.0. The minimum atomic E-state index is -0.750. The Morgan fingerprint density at radius 3 is 2.92 bits per heavy atom. The van der Waals surface area contributed by atoms with Crippen LogP contribution in [0, 0.1) is 22.7 Å². The monoisotopic (exact) mass is 499 g/mol. The molecule has 0 spiro atoms. The molecule has 9 nitrogen and oxygen atoms in total. The average molecular weight is 500 g/mol. The highest BCUT2D eigenvalue weighted by Gasteiger charge is 2.53. The topological polar surface area (TPSA) is 148 Å². The molecular weight excluding hydrogens is 466 g/mol. The molecule has 1 amide bonds. The molecule has 1 saturated carbocycles. The second-order valence-electron chi connectivity index (χ2n) is 9.63. The van der Waals surface area contributed by atoms with Crippen LogP contribution in [0.4, 0.5) is 11.5 Å². The van der Waals surface area contributed by atoms with Crippen molar-refractivity contribution in [3.8, 4) is 6.07 Å². The molecule has 1 saturated heterocycles. The maximum atomic E-state index is 13.0. The number of hydrogen-bond acceptors (Lipinski definition) is 8. The minimum absolute atomic E-state index is 0.0238. The van der Waals surface area contributed by atoms with E-state index in [4.69, 9.17) is 16.4 Å². The van der Waals surface area contributed by atoms with E-state index in [0.29, 0.717) is 43.9 Å². The average Bonchev–Trinajstić information content (AvgIpc) is 3.73. The number of carbonyl (C=O) groups excluding carboxylic acids is 2. The molecule has 1 unspecified atom stereocenters.